The van der Waals surface area contributed by atoms with Gasteiger partial charge in [0.15, 0.2) is 0 Å². The van der Waals surface area contributed by atoms with Crippen LogP contribution in [0.5, 0.6) is 0 Å². The van der Waals surface area contributed by atoms with Crippen LogP contribution in [0.4, 0.5) is 22.7 Å². The lowest BCUT2D eigenvalue weighted by atomic mass is 9.61. The van der Waals surface area contributed by atoms with E-state index in [1.807, 2.05) is 0 Å². The zero-order chi connectivity index (χ0) is 52.1. The standard InChI is InChI=1S/C73H66N4/c1-69(2)58-36-32-48(62-28-20-30-64(75-62)50-34-38-66-60(46-50)71(4)40-16-18-42-73(71,6)77(66)52-23-11-8-12-24-52)44-57(58)67-54-26-14-13-25-53(54)56-43-47(31-35-55(56)68(67)69)61-27-19-29-63(74-61)49-33-37-65-59(45-49)70(3)39-15-17-41-72(70,5)76(65)51-21-9-7-10-22-51/h7-14,19-38,43-46H,15-18,39-42H2,1-6H3. The smallest absolute Gasteiger partial charge is 0.0709 e. The molecule has 10 aromatic rings. The summed E-state index contributed by atoms with van der Waals surface area (Å²) in [4.78, 5) is 16.3. The highest BCUT2D eigenvalue weighted by Gasteiger charge is 2.59. The molecule has 0 N–H and O–H groups in total. The minimum absolute atomic E-state index is 0.00542. The summed E-state index contributed by atoms with van der Waals surface area (Å²) in [5.41, 5.74) is 22.1. The van der Waals surface area contributed by atoms with E-state index in [1.165, 1.54) is 140 Å². The van der Waals surface area contributed by atoms with Crippen molar-refractivity contribution in [3.05, 3.63) is 216 Å². The number of rotatable bonds is 6. The molecule has 0 bridgehead atoms. The Hall–Kier alpha value is -7.82. The van der Waals surface area contributed by atoms with Crippen molar-refractivity contribution in [1.29, 1.82) is 0 Å². The van der Waals surface area contributed by atoms with Crippen LogP contribution in [0.2, 0.25) is 0 Å². The Labute approximate surface area is 454 Å². The van der Waals surface area contributed by atoms with E-state index in [4.69, 9.17) is 9.97 Å². The summed E-state index contributed by atoms with van der Waals surface area (Å²) in [6.45, 7) is 14.9. The van der Waals surface area contributed by atoms with Gasteiger partial charge in [0.1, 0.15) is 0 Å². The number of anilines is 4. The molecule has 5 aliphatic rings. The lowest BCUT2D eigenvalue weighted by Gasteiger charge is -2.50. The molecular formula is C73H66N4. The maximum atomic E-state index is 5.48. The highest BCUT2D eigenvalue weighted by Crippen LogP contribution is 2.63. The molecule has 4 unspecified atom stereocenters. The minimum Gasteiger partial charge on any atom is -0.334 e. The van der Waals surface area contributed by atoms with Crippen LogP contribution in [-0.4, -0.2) is 21.0 Å². The summed E-state index contributed by atoms with van der Waals surface area (Å²) < 4.78 is 0. The maximum Gasteiger partial charge on any atom is 0.0709 e. The Morgan fingerprint density at radius 2 is 0.792 bits per heavy atom. The summed E-state index contributed by atoms with van der Waals surface area (Å²) in [6, 6.07) is 72.8. The second-order valence-electron chi connectivity index (χ2n) is 24.7. The van der Waals surface area contributed by atoms with Crippen LogP contribution in [0, 0.1) is 0 Å². The predicted molar refractivity (Wildman–Crippen MR) is 322 cm³/mol. The number of benzene rings is 8. The number of hydrogen-bond acceptors (Lipinski definition) is 4. The summed E-state index contributed by atoms with van der Waals surface area (Å²) in [7, 11) is 0. The van der Waals surface area contributed by atoms with Gasteiger partial charge in [-0.15, -0.1) is 0 Å². The molecule has 4 nitrogen and oxygen atoms in total. The van der Waals surface area contributed by atoms with Crippen LogP contribution < -0.4 is 9.80 Å². The van der Waals surface area contributed by atoms with Gasteiger partial charge in [-0.05, 0) is 179 Å². The van der Waals surface area contributed by atoms with Gasteiger partial charge in [0.25, 0.3) is 0 Å². The highest BCUT2D eigenvalue weighted by atomic mass is 15.3. The first-order chi connectivity index (χ1) is 37.4. The summed E-state index contributed by atoms with van der Waals surface area (Å²) in [6.07, 6.45) is 9.76. The highest BCUT2D eigenvalue weighted by molar-refractivity contribution is 6.19. The summed E-state index contributed by atoms with van der Waals surface area (Å²) >= 11 is 0. The Morgan fingerprint density at radius 3 is 1.32 bits per heavy atom. The molecule has 2 aliphatic heterocycles. The van der Waals surface area contributed by atoms with Gasteiger partial charge in [-0.3, -0.25) is 0 Å². The molecule has 4 atom stereocenters. The van der Waals surface area contributed by atoms with Crippen LogP contribution in [0.1, 0.15) is 115 Å². The van der Waals surface area contributed by atoms with E-state index in [0.717, 1.165) is 33.9 Å². The van der Waals surface area contributed by atoms with Crippen LogP contribution in [0.15, 0.2) is 194 Å². The zero-order valence-electron chi connectivity index (χ0n) is 45.4. The molecule has 8 aromatic carbocycles. The molecule has 4 heterocycles. The van der Waals surface area contributed by atoms with Crippen LogP contribution in [0.25, 0.3) is 77.7 Å². The molecule has 0 saturated heterocycles. The lowest BCUT2D eigenvalue weighted by Crippen LogP contribution is -2.54. The molecule has 77 heavy (non-hydrogen) atoms. The van der Waals surface area contributed by atoms with Crippen molar-refractivity contribution in [2.24, 2.45) is 0 Å². The van der Waals surface area contributed by atoms with E-state index in [2.05, 4.69) is 245 Å². The van der Waals surface area contributed by atoms with Gasteiger partial charge in [0.2, 0.25) is 0 Å². The van der Waals surface area contributed by atoms with Gasteiger partial charge in [0, 0.05) is 61.2 Å². The summed E-state index contributed by atoms with van der Waals surface area (Å²) in [5, 5.41) is 5.13. The molecule has 3 aliphatic carbocycles. The molecule has 2 fully saturated rings. The number of hydrogen-bond donors (Lipinski definition) is 0. The van der Waals surface area contributed by atoms with Crippen molar-refractivity contribution in [1.82, 2.24) is 9.97 Å². The molecule has 0 amide bonds. The van der Waals surface area contributed by atoms with E-state index in [-0.39, 0.29) is 27.3 Å². The van der Waals surface area contributed by atoms with E-state index < -0.39 is 0 Å². The van der Waals surface area contributed by atoms with Crippen molar-refractivity contribution in [3.8, 4) is 56.2 Å². The third kappa shape index (κ3) is 6.45. The van der Waals surface area contributed by atoms with E-state index >= 15 is 0 Å². The lowest BCUT2D eigenvalue weighted by molar-refractivity contribution is 0.195. The van der Waals surface area contributed by atoms with E-state index in [0.29, 0.717) is 0 Å². The van der Waals surface area contributed by atoms with Gasteiger partial charge in [0.05, 0.1) is 33.9 Å². The molecule has 378 valence electrons. The quantitative estimate of drug-likeness (QED) is 0.155. The Bertz CT molecular complexity index is 4060. The molecule has 4 heteroatoms. The van der Waals surface area contributed by atoms with Gasteiger partial charge >= 0.3 is 0 Å². The number of nitrogens with zero attached hydrogens (tertiary/aromatic N) is 4. The molecule has 15 rings (SSSR count). The normalized spacial score (nSPS) is 23.6. The van der Waals surface area contributed by atoms with Gasteiger partial charge in [-0.2, -0.15) is 0 Å². The third-order valence-corrected chi connectivity index (χ3v) is 20.5. The molecule has 0 radical (unpaired) electrons. The first-order valence-corrected chi connectivity index (χ1v) is 28.5. The van der Waals surface area contributed by atoms with Gasteiger partial charge in [-0.1, -0.05) is 163 Å². The van der Waals surface area contributed by atoms with Crippen molar-refractivity contribution >= 4 is 44.3 Å². The fourth-order valence-electron chi connectivity index (χ4n) is 16.1. The second-order valence-corrected chi connectivity index (χ2v) is 24.7. The van der Waals surface area contributed by atoms with Crippen molar-refractivity contribution in [3.63, 3.8) is 0 Å². The Kier molecular flexibility index (Phi) is 10.0. The molecule has 0 spiro atoms. The number of para-hydroxylation sites is 2. The van der Waals surface area contributed by atoms with Crippen molar-refractivity contribution in [2.45, 2.75) is 120 Å². The van der Waals surface area contributed by atoms with Crippen molar-refractivity contribution in [2.75, 3.05) is 9.80 Å². The largest absolute Gasteiger partial charge is 0.334 e. The average Bonchev–Trinajstić information content (AvgIpc) is 4.19. The first-order valence-electron chi connectivity index (χ1n) is 28.5. The van der Waals surface area contributed by atoms with Crippen LogP contribution in [0.3, 0.4) is 0 Å². The predicted octanol–water partition coefficient (Wildman–Crippen LogP) is 19.2. The second kappa shape index (κ2) is 16.6. The molecular weight excluding hydrogens is 933 g/mol. The third-order valence-electron chi connectivity index (χ3n) is 20.5. The number of aromatic nitrogens is 2. The van der Waals surface area contributed by atoms with Crippen LogP contribution >= 0.6 is 0 Å². The monoisotopic (exact) mass is 999 g/mol. The van der Waals surface area contributed by atoms with Crippen molar-refractivity contribution < 1.29 is 0 Å². The van der Waals surface area contributed by atoms with E-state index in [1.54, 1.807) is 0 Å². The fourth-order valence-corrected chi connectivity index (χ4v) is 16.1. The molecule has 2 saturated carbocycles. The first kappa shape index (κ1) is 46.5. The zero-order valence-corrected chi connectivity index (χ0v) is 45.4. The minimum atomic E-state index is -0.225. The number of pyridine rings is 2. The summed E-state index contributed by atoms with van der Waals surface area (Å²) in [5.74, 6) is 0. The molecule has 2 aromatic heterocycles. The van der Waals surface area contributed by atoms with Gasteiger partial charge < -0.3 is 9.80 Å². The fraction of sp³-hybridized carbons (Fsp3) is 0.260. The Balaban J connectivity index is 0.792. The van der Waals surface area contributed by atoms with E-state index in [9.17, 15) is 0 Å². The maximum absolute atomic E-state index is 5.48. The Morgan fingerprint density at radius 1 is 0.351 bits per heavy atom. The topological polar surface area (TPSA) is 32.3 Å². The average molecular weight is 999 g/mol. The SMILES string of the molecule is CC1(C)c2ccc(-c3cccc(-c4ccc5c(c4)C4(C)CCCCC4(C)N5c4ccccc4)n3)cc2-c2c1c1ccc(-c3cccc(-c4ccc5c(c4)C4(C)CCCCC4(C)N5c4ccccc4)n3)cc1c1ccccc21. The van der Waals surface area contributed by atoms with Gasteiger partial charge in [-0.25, -0.2) is 9.97 Å². The number of fused-ring (bicyclic) bond motifs is 14. The van der Waals surface area contributed by atoms with Crippen LogP contribution in [-0.2, 0) is 16.2 Å².